The molecule has 0 saturated carbocycles. The van der Waals surface area contributed by atoms with E-state index in [1.165, 1.54) is 19.3 Å². The van der Waals surface area contributed by atoms with Crippen molar-refractivity contribution in [2.24, 2.45) is 0 Å². The number of hydrogen-bond donors (Lipinski definition) is 2. The highest BCUT2D eigenvalue weighted by molar-refractivity contribution is 5.65. The largest absolute Gasteiger partial charge is 0.497 e. The fraction of sp³-hybridized carbons (Fsp3) is 0.316. The minimum absolute atomic E-state index is 0.721. The predicted molar refractivity (Wildman–Crippen MR) is 102 cm³/mol. The second kappa shape index (κ2) is 7.43. The van der Waals surface area contributed by atoms with Gasteiger partial charge in [-0.2, -0.15) is 10.1 Å². The Labute approximate surface area is 152 Å². The molecular weight excluding hydrogens is 328 g/mol. The third-order valence-corrected chi connectivity index (χ3v) is 4.52. The molecule has 0 bridgehead atoms. The van der Waals surface area contributed by atoms with Gasteiger partial charge in [-0.25, -0.2) is 4.98 Å². The van der Waals surface area contributed by atoms with Crippen LogP contribution < -0.4 is 15.0 Å². The number of benzene rings is 1. The van der Waals surface area contributed by atoms with Crippen molar-refractivity contribution in [1.29, 1.82) is 0 Å². The molecule has 0 spiro atoms. The van der Waals surface area contributed by atoms with E-state index in [1.54, 1.807) is 13.3 Å². The molecule has 4 rings (SSSR count). The highest BCUT2D eigenvalue weighted by atomic mass is 16.5. The molecule has 1 aromatic carbocycles. The highest BCUT2D eigenvalue weighted by Gasteiger charge is 2.14. The Balaban J connectivity index is 1.48. The van der Waals surface area contributed by atoms with Crippen molar-refractivity contribution in [3.05, 3.63) is 42.6 Å². The third kappa shape index (κ3) is 3.61. The number of nitrogens with zero attached hydrogens (tertiary/aromatic N) is 4. The van der Waals surface area contributed by atoms with Crippen molar-refractivity contribution in [1.82, 2.24) is 20.2 Å². The maximum atomic E-state index is 5.19. The zero-order valence-corrected chi connectivity index (χ0v) is 14.8. The first-order valence-electron chi connectivity index (χ1n) is 8.87. The van der Waals surface area contributed by atoms with Crippen LogP contribution in [0, 0.1) is 0 Å². The molecule has 1 aliphatic rings. The SMILES string of the molecule is COc1ccc(-c2cc(Nc3ccnc(N4CCCCC4)n3)n[nH]2)cc1. The Kier molecular flexibility index (Phi) is 4.68. The zero-order chi connectivity index (χ0) is 17.8. The van der Waals surface area contributed by atoms with Gasteiger partial charge < -0.3 is 15.0 Å². The lowest BCUT2D eigenvalue weighted by atomic mass is 10.1. The van der Waals surface area contributed by atoms with Gasteiger partial charge in [0.05, 0.1) is 12.8 Å². The van der Waals surface area contributed by atoms with Crippen LogP contribution >= 0.6 is 0 Å². The molecule has 7 heteroatoms. The number of aromatic nitrogens is 4. The number of methoxy groups -OCH3 is 1. The monoisotopic (exact) mass is 350 g/mol. The van der Waals surface area contributed by atoms with E-state index in [2.05, 4.69) is 30.4 Å². The molecule has 7 nitrogen and oxygen atoms in total. The van der Waals surface area contributed by atoms with E-state index in [-0.39, 0.29) is 0 Å². The van der Waals surface area contributed by atoms with Crippen LogP contribution in [0.3, 0.4) is 0 Å². The van der Waals surface area contributed by atoms with Crippen LogP contribution in [-0.4, -0.2) is 40.4 Å². The van der Waals surface area contributed by atoms with Gasteiger partial charge >= 0.3 is 0 Å². The minimum Gasteiger partial charge on any atom is -0.497 e. The van der Waals surface area contributed by atoms with Crippen LogP contribution in [-0.2, 0) is 0 Å². The number of anilines is 3. The van der Waals surface area contributed by atoms with E-state index in [0.29, 0.717) is 0 Å². The van der Waals surface area contributed by atoms with Gasteiger partial charge in [-0.3, -0.25) is 5.10 Å². The van der Waals surface area contributed by atoms with Gasteiger partial charge in [0.1, 0.15) is 11.6 Å². The third-order valence-electron chi connectivity index (χ3n) is 4.52. The minimum atomic E-state index is 0.721. The van der Waals surface area contributed by atoms with Crippen molar-refractivity contribution in [2.45, 2.75) is 19.3 Å². The van der Waals surface area contributed by atoms with Crippen LogP contribution in [0.1, 0.15) is 19.3 Å². The Morgan fingerprint density at radius 1 is 1.04 bits per heavy atom. The molecule has 1 aliphatic heterocycles. The molecular formula is C19H22N6O. The topological polar surface area (TPSA) is 79.0 Å². The molecule has 2 aromatic heterocycles. The van der Waals surface area contributed by atoms with Crippen LogP contribution in [0.4, 0.5) is 17.6 Å². The molecule has 0 radical (unpaired) electrons. The van der Waals surface area contributed by atoms with Gasteiger partial charge in [0, 0.05) is 25.4 Å². The van der Waals surface area contributed by atoms with Crippen molar-refractivity contribution in [2.75, 3.05) is 30.4 Å². The summed E-state index contributed by atoms with van der Waals surface area (Å²) < 4.78 is 5.19. The molecule has 0 aliphatic carbocycles. The van der Waals surface area contributed by atoms with Gasteiger partial charge in [0.25, 0.3) is 0 Å². The van der Waals surface area contributed by atoms with E-state index in [0.717, 1.165) is 47.7 Å². The first kappa shape index (κ1) is 16.4. The zero-order valence-electron chi connectivity index (χ0n) is 14.8. The van der Waals surface area contributed by atoms with Gasteiger partial charge in [0.15, 0.2) is 5.82 Å². The summed E-state index contributed by atoms with van der Waals surface area (Å²) in [5.41, 5.74) is 1.98. The molecule has 0 atom stereocenters. The number of ether oxygens (including phenoxy) is 1. The summed E-state index contributed by atoms with van der Waals surface area (Å²) in [6.07, 6.45) is 5.48. The predicted octanol–water partition coefficient (Wildman–Crippen LogP) is 3.61. The Hall–Kier alpha value is -3.09. The summed E-state index contributed by atoms with van der Waals surface area (Å²) >= 11 is 0. The van der Waals surface area contributed by atoms with E-state index >= 15 is 0 Å². The van der Waals surface area contributed by atoms with E-state index in [9.17, 15) is 0 Å². The lowest BCUT2D eigenvalue weighted by Gasteiger charge is -2.26. The Bertz CT molecular complexity index is 854. The summed E-state index contributed by atoms with van der Waals surface area (Å²) in [5, 5.41) is 10.6. The quantitative estimate of drug-likeness (QED) is 0.732. The van der Waals surface area contributed by atoms with E-state index in [4.69, 9.17) is 4.74 Å². The standard InChI is InChI=1S/C19H22N6O/c1-26-15-7-5-14(6-8-15)16-13-18(24-23-16)21-17-9-10-20-19(22-17)25-11-3-2-4-12-25/h5-10,13H,2-4,11-12H2,1H3,(H2,20,21,22,23,24). The molecule has 134 valence electrons. The number of H-pyrrole nitrogens is 1. The Morgan fingerprint density at radius 2 is 1.85 bits per heavy atom. The second-order valence-electron chi connectivity index (χ2n) is 6.31. The van der Waals surface area contributed by atoms with Gasteiger partial charge in [0.2, 0.25) is 5.95 Å². The highest BCUT2D eigenvalue weighted by Crippen LogP contribution is 2.24. The lowest BCUT2D eigenvalue weighted by Crippen LogP contribution is -2.31. The van der Waals surface area contributed by atoms with Crippen LogP contribution in [0.5, 0.6) is 5.75 Å². The van der Waals surface area contributed by atoms with Crippen LogP contribution in [0.25, 0.3) is 11.3 Å². The molecule has 1 saturated heterocycles. The lowest BCUT2D eigenvalue weighted by molar-refractivity contribution is 0.415. The summed E-state index contributed by atoms with van der Waals surface area (Å²) in [7, 11) is 1.66. The molecule has 3 aromatic rings. The second-order valence-corrected chi connectivity index (χ2v) is 6.31. The first-order chi connectivity index (χ1) is 12.8. The smallest absolute Gasteiger partial charge is 0.227 e. The fourth-order valence-electron chi connectivity index (χ4n) is 3.10. The first-order valence-corrected chi connectivity index (χ1v) is 8.87. The summed E-state index contributed by atoms with van der Waals surface area (Å²) in [4.78, 5) is 11.3. The number of hydrogen-bond acceptors (Lipinski definition) is 6. The van der Waals surface area contributed by atoms with E-state index in [1.807, 2.05) is 36.4 Å². The van der Waals surface area contributed by atoms with Crippen molar-refractivity contribution < 1.29 is 4.74 Å². The van der Waals surface area contributed by atoms with Gasteiger partial charge in [-0.15, -0.1) is 0 Å². The van der Waals surface area contributed by atoms with Crippen molar-refractivity contribution in [3.63, 3.8) is 0 Å². The fourth-order valence-corrected chi connectivity index (χ4v) is 3.10. The summed E-state index contributed by atoms with van der Waals surface area (Å²) in [6.45, 7) is 2.04. The van der Waals surface area contributed by atoms with Crippen molar-refractivity contribution in [3.8, 4) is 17.0 Å². The normalized spacial score (nSPS) is 14.3. The summed E-state index contributed by atoms with van der Waals surface area (Å²) in [6, 6.07) is 11.7. The van der Waals surface area contributed by atoms with Crippen LogP contribution in [0.15, 0.2) is 42.6 Å². The molecule has 3 heterocycles. The number of rotatable bonds is 5. The maximum Gasteiger partial charge on any atom is 0.227 e. The average Bonchev–Trinajstić information content (AvgIpc) is 3.17. The maximum absolute atomic E-state index is 5.19. The van der Waals surface area contributed by atoms with Crippen molar-refractivity contribution >= 4 is 17.6 Å². The average molecular weight is 350 g/mol. The molecule has 26 heavy (non-hydrogen) atoms. The summed E-state index contributed by atoms with van der Waals surface area (Å²) in [5.74, 6) is 3.07. The number of piperidine rings is 1. The van der Waals surface area contributed by atoms with Gasteiger partial charge in [-0.1, -0.05) is 0 Å². The number of nitrogens with one attached hydrogen (secondary N) is 2. The number of aromatic amines is 1. The molecule has 0 unspecified atom stereocenters. The van der Waals surface area contributed by atoms with E-state index < -0.39 is 0 Å². The molecule has 2 N–H and O–H groups in total. The molecule has 0 amide bonds. The molecule has 1 fully saturated rings. The van der Waals surface area contributed by atoms with Crippen LogP contribution in [0.2, 0.25) is 0 Å². The Morgan fingerprint density at radius 3 is 2.62 bits per heavy atom. The van der Waals surface area contributed by atoms with Gasteiger partial charge in [-0.05, 0) is 55.2 Å².